The summed E-state index contributed by atoms with van der Waals surface area (Å²) < 4.78 is 4.56. The zero-order valence-corrected chi connectivity index (χ0v) is 9.09. The fraction of sp³-hybridized carbons (Fsp3) is 0.667. The Morgan fingerprint density at radius 3 is 2.73 bits per heavy atom. The number of nitrogens with one attached hydrogen (secondary N) is 1. The van der Waals surface area contributed by atoms with Gasteiger partial charge in [-0.1, -0.05) is 0 Å². The van der Waals surface area contributed by atoms with Gasteiger partial charge in [-0.15, -0.1) is 0 Å². The third-order valence-electron chi connectivity index (χ3n) is 2.04. The van der Waals surface area contributed by atoms with Gasteiger partial charge in [0.1, 0.15) is 6.04 Å². The minimum atomic E-state index is -0.753. The SMILES string of the molecule is O=C1CCCC(=O)OC(=O)[C@H](CCS)N1. The van der Waals surface area contributed by atoms with Gasteiger partial charge in [0.2, 0.25) is 5.91 Å². The standard InChI is InChI=1S/C9H13NO4S/c11-7-2-1-3-8(12)14-9(13)6(10-7)4-5-15/h6,15H,1-5H2,(H,10,11)/t6-/m0/s1. The summed E-state index contributed by atoms with van der Waals surface area (Å²) in [5.41, 5.74) is 0. The van der Waals surface area contributed by atoms with Crippen LogP contribution in [0.5, 0.6) is 0 Å². The molecule has 1 rings (SSSR count). The van der Waals surface area contributed by atoms with Gasteiger partial charge in [-0.2, -0.15) is 12.6 Å². The van der Waals surface area contributed by atoms with Crippen molar-refractivity contribution in [1.82, 2.24) is 5.32 Å². The first-order valence-electron chi connectivity index (χ1n) is 4.78. The largest absolute Gasteiger partial charge is 0.392 e. The molecule has 1 saturated heterocycles. The molecule has 1 amide bonds. The second-order valence-electron chi connectivity index (χ2n) is 3.28. The van der Waals surface area contributed by atoms with Crippen LogP contribution in [-0.4, -0.2) is 29.6 Å². The third-order valence-corrected chi connectivity index (χ3v) is 2.29. The van der Waals surface area contributed by atoms with E-state index in [0.717, 1.165) is 0 Å². The van der Waals surface area contributed by atoms with E-state index in [1.54, 1.807) is 0 Å². The molecule has 84 valence electrons. The molecule has 6 heteroatoms. The molecule has 15 heavy (non-hydrogen) atoms. The van der Waals surface area contributed by atoms with E-state index in [1.165, 1.54) is 0 Å². The average Bonchev–Trinajstić information content (AvgIpc) is 2.20. The highest BCUT2D eigenvalue weighted by Gasteiger charge is 2.25. The minimum Gasteiger partial charge on any atom is -0.392 e. The van der Waals surface area contributed by atoms with Gasteiger partial charge in [-0.3, -0.25) is 9.59 Å². The Morgan fingerprint density at radius 2 is 2.07 bits per heavy atom. The lowest BCUT2D eigenvalue weighted by Gasteiger charge is -2.13. The number of carbonyl (C=O) groups is 3. The summed E-state index contributed by atoms with van der Waals surface area (Å²) in [5, 5.41) is 2.52. The smallest absolute Gasteiger partial charge is 0.336 e. The fourth-order valence-electron chi connectivity index (χ4n) is 1.27. The predicted molar refractivity (Wildman–Crippen MR) is 55.4 cm³/mol. The number of hydrogen-bond donors (Lipinski definition) is 2. The molecule has 0 saturated carbocycles. The maximum Gasteiger partial charge on any atom is 0.336 e. The van der Waals surface area contributed by atoms with Crippen LogP contribution in [0.3, 0.4) is 0 Å². The molecule has 1 aliphatic heterocycles. The van der Waals surface area contributed by atoms with E-state index in [1.807, 2.05) is 0 Å². The summed E-state index contributed by atoms with van der Waals surface area (Å²) in [6.07, 6.45) is 1.12. The molecule has 0 unspecified atom stereocenters. The normalized spacial score (nSPS) is 23.5. The topological polar surface area (TPSA) is 72.5 Å². The highest BCUT2D eigenvalue weighted by Crippen LogP contribution is 2.06. The van der Waals surface area contributed by atoms with Gasteiger partial charge in [-0.05, 0) is 18.6 Å². The van der Waals surface area contributed by atoms with Crippen LogP contribution in [0.15, 0.2) is 0 Å². The summed E-state index contributed by atoms with van der Waals surface area (Å²) in [6, 6.07) is -0.753. The first kappa shape index (κ1) is 12.0. The number of amides is 1. The van der Waals surface area contributed by atoms with Crippen molar-refractivity contribution in [2.45, 2.75) is 31.7 Å². The van der Waals surface area contributed by atoms with Crippen molar-refractivity contribution in [3.05, 3.63) is 0 Å². The Hall–Kier alpha value is -1.04. The van der Waals surface area contributed by atoms with Gasteiger partial charge < -0.3 is 10.1 Å². The molecule has 0 spiro atoms. The molecule has 5 nitrogen and oxygen atoms in total. The molecule has 0 aliphatic carbocycles. The van der Waals surface area contributed by atoms with Gasteiger partial charge in [0.25, 0.3) is 0 Å². The molecule has 0 aromatic carbocycles. The van der Waals surface area contributed by atoms with Crippen molar-refractivity contribution in [3.8, 4) is 0 Å². The number of esters is 2. The molecule has 1 atom stereocenters. The van der Waals surface area contributed by atoms with Gasteiger partial charge in [0.05, 0.1) is 0 Å². The molecule has 0 aromatic heterocycles. The van der Waals surface area contributed by atoms with E-state index in [9.17, 15) is 14.4 Å². The highest BCUT2D eigenvalue weighted by atomic mass is 32.1. The first-order chi connectivity index (χ1) is 7.13. The molecule has 0 aromatic rings. The van der Waals surface area contributed by atoms with Crippen molar-refractivity contribution in [1.29, 1.82) is 0 Å². The predicted octanol–water partition coefficient (Wildman–Crippen LogP) is 0.0448. The fourth-order valence-corrected chi connectivity index (χ4v) is 1.53. The maximum atomic E-state index is 11.4. The van der Waals surface area contributed by atoms with Crippen molar-refractivity contribution in [2.24, 2.45) is 0 Å². The summed E-state index contributed by atoms with van der Waals surface area (Å²) >= 11 is 3.97. The third kappa shape index (κ3) is 3.91. The summed E-state index contributed by atoms with van der Waals surface area (Å²) in [4.78, 5) is 33.7. The lowest BCUT2D eigenvalue weighted by atomic mass is 10.2. The molecule has 1 fully saturated rings. The second kappa shape index (κ2) is 5.75. The summed E-state index contributed by atoms with van der Waals surface area (Å²) in [7, 11) is 0. The van der Waals surface area contributed by atoms with Crippen LogP contribution in [0.1, 0.15) is 25.7 Å². The van der Waals surface area contributed by atoms with E-state index >= 15 is 0 Å². The van der Waals surface area contributed by atoms with Crippen molar-refractivity contribution in [2.75, 3.05) is 5.75 Å². The van der Waals surface area contributed by atoms with Crippen LogP contribution in [0.25, 0.3) is 0 Å². The number of thiol groups is 1. The van der Waals surface area contributed by atoms with Crippen molar-refractivity contribution in [3.63, 3.8) is 0 Å². The number of hydrogen-bond acceptors (Lipinski definition) is 5. The quantitative estimate of drug-likeness (QED) is 0.400. The molecule has 1 heterocycles. The molecular formula is C9H13NO4S. The lowest BCUT2D eigenvalue weighted by molar-refractivity contribution is -0.161. The van der Waals surface area contributed by atoms with Crippen LogP contribution in [0.4, 0.5) is 0 Å². The van der Waals surface area contributed by atoms with E-state index in [2.05, 4.69) is 22.7 Å². The Kier molecular flexibility index (Phi) is 4.61. The van der Waals surface area contributed by atoms with E-state index < -0.39 is 18.0 Å². The second-order valence-corrected chi connectivity index (χ2v) is 3.73. The van der Waals surface area contributed by atoms with E-state index in [0.29, 0.717) is 18.6 Å². The molecule has 0 bridgehead atoms. The van der Waals surface area contributed by atoms with Crippen LogP contribution < -0.4 is 5.32 Å². The first-order valence-corrected chi connectivity index (χ1v) is 5.41. The van der Waals surface area contributed by atoms with E-state index in [4.69, 9.17) is 0 Å². The summed E-state index contributed by atoms with van der Waals surface area (Å²) in [6.45, 7) is 0. The number of carbonyl (C=O) groups excluding carboxylic acids is 3. The van der Waals surface area contributed by atoms with E-state index in [-0.39, 0.29) is 18.7 Å². The Morgan fingerprint density at radius 1 is 1.33 bits per heavy atom. The van der Waals surface area contributed by atoms with Crippen molar-refractivity contribution >= 4 is 30.5 Å². The van der Waals surface area contributed by atoms with Crippen LogP contribution in [-0.2, 0) is 19.1 Å². The summed E-state index contributed by atoms with van der Waals surface area (Å²) in [5.74, 6) is -1.05. The Labute approximate surface area is 93.0 Å². The number of cyclic esters (lactones) is 2. The van der Waals surface area contributed by atoms with Gasteiger partial charge in [0, 0.05) is 12.8 Å². The highest BCUT2D eigenvalue weighted by molar-refractivity contribution is 7.80. The van der Waals surface area contributed by atoms with Crippen LogP contribution in [0, 0.1) is 0 Å². The van der Waals surface area contributed by atoms with Gasteiger partial charge in [-0.25, -0.2) is 4.79 Å². The molecule has 1 N–H and O–H groups in total. The zero-order chi connectivity index (χ0) is 11.3. The van der Waals surface area contributed by atoms with Crippen molar-refractivity contribution < 1.29 is 19.1 Å². The average molecular weight is 231 g/mol. The Bertz CT molecular complexity index is 279. The number of ether oxygens (including phenoxy) is 1. The van der Waals surface area contributed by atoms with Crippen LogP contribution >= 0.6 is 12.6 Å². The van der Waals surface area contributed by atoms with Crippen LogP contribution in [0.2, 0.25) is 0 Å². The van der Waals surface area contributed by atoms with Gasteiger partial charge >= 0.3 is 11.9 Å². The Balaban J connectivity index is 2.69. The maximum absolute atomic E-state index is 11.4. The lowest BCUT2D eigenvalue weighted by Crippen LogP contribution is -2.41. The van der Waals surface area contributed by atoms with Gasteiger partial charge in [0.15, 0.2) is 0 Å². The molecule has 0 radical (unpaired) electrons. The minimum absolute atomic E-state index is 0.104. The number of rotatable bonds is 2. The zero-order valence-electron chi connectivity index (χ0n) is 8.19. The molecular weight excluding hydrogens is 218 g/mol. The monoisotopic (exact) mass is 231 g/mol. The molecule has 1 aliphatic rings.